The molecule has 0 radical (unpaired) electrons. The number of aromatic nitrogens is 1. The highest BCUT2D eigenvalue weighted by Gasteiger charge is 2.16. The van der Waals surface area contributed by atoms with Crippen molar-refractivity contribution in [3.63, 3.8) is 0 Å². The Hall–Kier alpha value is -3.32. The topological polar surface area (TPSA) is 55.1 Å². The number of pyridine rings is 1. The Kier molecular flexibility index (Phi) is 4.67. The van der Waals surface area contributed by atoms with Gasteiger partial charge in [0, 0.05) is 11.1 Å². The Balaban J connectivity index is 2.19. The molecule has 4 nitrogen and oxygen atoms in total. The van der Waals surface area contributed by atoms with E-state index >= 15 is 0 Å². The van der Waals surface area contributed by atoms with Crippen LogP contribution in [0.15, 0.2) is 54.6 Å². The molecule has 1 aromatic heterocycles. The minimum absolute atomic E-state index is 0.325. The van der Waals surface area contributed by atoms with Crippen molar-refractivity contribution in [3.05, 3.63) is 65.7 Å². The first-order valence-corrected chi connectivity index (χ1v) is 7.87. The Bertz CT molecular complexity index is 924. The molecule has 0 bridgehead atoms. The zero-order chi connectivity index (χ0) is 17.8. The minimum atomic E-state index is 0.325. The third kappa shape index (κ3) is 3.31. The molecule has 2 aromatic carbocycles. The second-order valence-corrected chi connectivity index (χ2v) is 5.65. The molecule has 25 heavy (non-hydrogen) atoms. The lowest BCUT2D eigenvalue weighted by atomic mass is 9.98. The lowest BCUT2D eigenvalue weighted by Crippen LogP contribution is -1.98. The van der Waals surface area contributed by atoms with E-state index in [4.69, 9.17) is 9.47 Å². The predicted molar refractivity (Wildman–Crippen MR) is 97.7 cm³/mol. The van der Waals surface area contributed by atoms with Crippen LogP contribution in [-0.4, -0.2) is 19.2 Å². The number of ether oxygens (including phenoxy) is 2. The summed E-state index contributed by atoms with van der Waals surface area (Å²) in [6, 6.07) is 19.8. The summed E-state index contributed by atoms with van der Waals surface area (Å²) in [5.74, 6) is 1.09. The van der Waals surface area contributed by atoms with Gasteiger partial charge in [-0.05, 0) is 30.7 Å². The van der Waals surface area contributed by atoms with Gasteiger partial charge in [-0.2, -0.15) is 5.26 Å². The fraction of sp³-hybridized carbons (Fsp3) is 0.143. The zero-order valence-electron chi connectivity index (χ0n) is 14.4. The van der Waals surface area contributed by atoms with Crippen LogP contribution in [0.1, 0.15) is 11.1 Å². The Morgan fingerprint density at radius 3 is 2.08 bits per heavy atom. The lowest BCUT2D eigenvalue weighted by Gasteiger charge is -2.12. The maximum Gasteiger partial charge on any atom is 0.232 e. The molecule has 0 N–H and O–H groups in total. The maximum absolute atomic E-state index is 9.60. The summed E-state index contributed by atoms with van der Waals surface area (Å²) in [7, 11) is 3.15. The molecule has 3 aromatic rings. The normalized spacial score (nSPS) is 10.2. The summed E-state index contributed by atoms with van der Waals surface area (Å²) in [4.78, 5) is 4.51. The first-order valence-electron chi connectivity index (χ1n) is 7.87. The number of benzene rings is 2. The van der Waals surface area contributed by atoms with Crippen molar-refractivity contribution in [1.29, 1.82) is 5.26 Å². The van der Waals surface area contributed by atoms with E-state index in [9.17, 15) is 5.26 Å². The van der Waals surface area contributed by atoms with Gasteiger partial charge in [-0.15, -0.1) is 0 Å². The molecule has 0 spiro atoms. The largest absolute Gasteiger partial charge is 0.497 e. The standard InChI is InChI=1S/C21H18N2O2/c1-14-4-6-16(7-5-14)20-12-18(19(13-22)21(23-20)25-3)15-8-10-17(24-2)11-9-15/h4-12H,1-3H3. The summed E-state index contributed by atoms with van der Waals surface area (Å²) in [5, 5.41) is 9.60. The fourth-order valence-corrected chi connectivity index (χ4v) is 2.65. The van der Waals surface area contributed by atoms with Crippen LogP contribution >= 0.6 is 0 Å². The number of nitrogens with zero attached hydrogens (tertiary/aromatic N) is 2. The molecule has 1 heterocycles. The summed E-state index contributed by atoms with van der Waals surface area (Å²) in [6.45, 7) is 2.04. The second kappa shape index (κ2) is 7.06. The molecule has 0 amide bonds. The third-order valence-electron chi connectivity index (χ3n) is 4.04. The van der Waals surface area contributed by atoms with Crippen LogP contribution in [0.4, 0.5) is 0 Å². The van der Waals surface area contributed by atoms with Crippen LogP contribution in [0.25, 0.3) is 22.4 Å². The van der Waals surface area contributed by atoms with Crippen LogP contribution in [0.3, 0.4) is 0 Å². The smallest absolute Gasteiger partial charge is 0.232 e. The van der Waals surface area contributed by atoms with Gasteiger partial charge >= 0.3 is 0 Å². The Morgan fingerprint density at radius 2 is 1.52 bits per heavy atom. The highest BCUT2D eigenvalue weighted by atomic mass is 16.5. The van der Waals surface area contributed by atoms with Crippen LogP contribution < -0.4 is 9.47 Å². The zero-order valence-corrected chi connectivity index (χ0v) is 14.4. The lowest BCUT2D eigenvalue weighted by molar-refractivity contribution is 0.397. The van der Waals surface area contributed by atoms with Crippen molar-refractivity contribution in [3.8, 4) is 40.1 Å². The van der Waals surface area contributed by atoms with Crippen LogP contribution in [0, 0.1) is 18.3 Å². The number of aryl methyl sites for hydroxylation is 1. The molecular formula is C21H18N2O2. The van der Waals surface area contributed by atoms with Gasteiger partial charge in [-0.3, -0.25) is 0 Å². The summed E-state index contributed by atoms with van der Waals surface area (Å²) in [6.07, 6.45) is 0. The fourth-order valence-electron chi connectivity index (χ4n) is 2.65. The van der Waals surface area contributed by atoms with E-state index < -0.39 is 0 Å². The highest BCUT2D eigenvalue weighted by Crippen LogP contribution is 2.34. The van der Waals surface area contributed by atoms with Crippen LogP contribution in [0.2, 0.25) is 0 Å². The Labute approximate surface area is 147 Å². The van der Waals surface area contributed by atoms with E-state index in [-0.39, 0.29) is 0 Å². The average Bonchev–Trinajstić information content (AvgIpc) is 2.67. The van der Waals surface area contributed by atoms with Crippen molar-refractivity contribution in [2.75, 3.05) is 14.2 Å². The Morgan fingerprint density at radius 1 is 0.880 bits per heavy atom. The molecule has 124 valence electrons. The van der Waals surface area contributed by atoms with Crippen molar-refractivity contribution >= 4 is 0 Å². The molecule has 0 fully saturated rings. The molecule has 3 rings (SSSR count). The molecule has 0 atom stereocenters. The summed E-state index contributed by atoms with van der Waals surface area (Å²) < 4.78 is 10.6. The predicted octanol–water partition coefficient (Wildman–Crippen LogP) is 4.61. The van der Waals surface area contributed by atoms with E-state index in [0.717, 1.165) is 28.1 Å². The van der Waals surface area contributed by atoms with Crippen LogP contribution in [-0.2, 0) is 0 Å². The molecular weight excluding hydrogens is 312 g/mol. The number of nitriles is 1. The average molecular weight is 330 g/mol. The monoisotopic (exact) mass is 330 g/mol. The van der Waals surface area contributed by atoms with Gasteiger partial charge in [0.15, 0.2) is 0 Å². The molecule has 0 aliphatic carbocycles. The van der Waals surface area contributed by atoms with E-state index in [1.807, 2.05) is 61.5 Å². The van der Waals surface area contributed by atoms with Crippen molar-refractivity contribution in [2.45, 2.75) is 6.92 Å². The van der Waals surface area contributed by atoms with Crippen molar-refractivity contribution in [1.82, 2.24) is 4.98 Å². The highest BCUT2D eigenvalue weighted by molar-refractivity contribution is 5.78. The van der Waals surface area contributed by atoms with E-state index in [0.29, 0.717) is 11.4 Å². The number of hydrogen-bond acceptors (Lipinski definition) is 4. The molecule has 4 heteroatoms. The number of methoxy groups -OCH3 is 2. The van der Waals surface area contributed by atoms with Gasteiger partial charge in [-0.25, -0.2) is 4.98 Å². The quantitative estimate of drug-likeness (QED) is 0.701. The van der Waals surface area contributed by atoms with Gasteiger partial charge in [0.05, 0.1) is 19.9 Å². The SMILES string of the molecule is COc1ccc(-c2cc(-c3ccc(C)cc3)nc(OC)c2C#N)cc1. The van der Waals surface area contributed by atoms with Gasteiger partial charge < -0.3 is 9.47 Å². The van der Waals surface area contributed by atoms with Crippen molar-refractivity contribution < 1.29 is 9.47 Å². The van der Waals surface area contributed by atoms with E-state index in [1.54, 1.807) is 7.11 Å². The number of rotatable bonds is 4. The number of hydrogen-bond donors (Lipinski definition) is 0. The van der Waals surface area contributed by atoms with Crippen molar-refractivity contribution in [2.24, 2.45) is 0 Å². The molecule has 0 saturated carbocycles. The van der Waals surface area contributed by atoms with Gasteiger partial charge in [0.25, 0.3) is 0 Å². The van der Waals surface area contributed by atoms with E-state index in [1.165, 1.54) is 12.7 Å². The second-order valence-electron chi connectivity index (χ2n) is 5.65. The van der Waals surface area contributed by atoms with Crippen LogP contribution in [0.5, 0.6) is 11.6 Å². The third-order valence-corrected chi connectivity index (χ3v) is 4.04. The first-order chi connectivity index (χ1) is 12.2. The minimum Gasteiger partial charge on any atom is -0.497 e. The molecule has 0 saturated heterocycles. The van der Waals surface area contributed by atoms with E-state index in [2.05, 4.69) is 11.1 Å². The summed E-state index contributed by atoms with van der Waals surface area (Å²) >= 11 is 0. The maximum atomic E-state index is 9.60. The van der Waals surface area contributed by atoms with Gasteiger partial charge in [-0.1, -0.05) is 42.0 Å². The first kappa shape index (κ1) is 16.5. The molecule has 0 aliphatic heterocycles. The van der Waals surface area contributed by atoms with Gasteiger partial charge in [0.1, 0.15) is 17.4 Å². The molecule has 0 aliphatic rings. The molecule has 0 unspecified atom stereocenters. The summed E-state index contributed by atoms with van der Waals surface area (Å²) in [5.41, 5.74) is 5.03. The van der Waals surface area contributed by atoms with Gasteiger partial charge in [0.2, 0.25) is 5.88 Å².